The molecule has 1 heterocycles. The average molecular weight is 232 g/mol. The highest BCUT2D eigenvalue weighted by Crippen LogP contribution is 2.27. The third-order valence-electron chi connectivity index (χ3n) is 3.78. The van der Waals surface area contributed by atoms with Gasteiger partial charge in [0.05, 0.1) is 0 Å². The summed E-state index contributed by atoms with van der Waals surface area (Å²) in [6, 6.07) is 7.99. The number of fused-ring (bicyclic) bond motifs is 1. The molecule has 94 valence electrons. The van der Waals surface area contributed by atoms with E-state index in [0.29, 0.717) is 12.1 Å². The molecule has 1 aromatic rings. The van der Waals surface area contributed by atoms with Crippen LogP contribution < -0.4 is 10.2 Å². The molecular weight excluding hydrogens is 208 g/mol. The standard InChI is InChI=1S/C15H24N2/c1-5-13(4)17-10-12(3)16-9-14-8-11(2)6-7-15(14)17/h6-8,12-13,16H,5,9-10H2,1-4H3. The molecule has 2 atom stereocenters. The zero-order valence-electron chi connectivity index (χ0n) is 11.5. The Kier molecular flexibility index (Phi) is 3.72. The Labute approximate surface area is 105 Å². The van der Waals surface area contributed by atoms with E-state index in [9.17, 15) is 0 Å². The lowest BCUT2D eigenvalue weighted by molar-refractivity contribution is 0.521. The molecule has 0 radical (unpaired) electrons. The van der Waals surface area contributed by atoms with E-state index >= 15 is 0 Å². The molecule has 1 aliphatic rings. The molecule has 1 aliphatic heterocycles. The van der Waals surface area contributed by atoms with E-state index in [1.165, 1.54) is 23.2 Å². The Hall–Kier alpha value is -1.02. The van der Waals surface area contributed by atoms with Gasteiger partial charge in [0.2, 0.25) is 0 Å². The smallest absolute Gasteiger partial charge is 0.0414 e. The number of anilines is 1. The molecule has 0 aliphatic carbocycles. The van der Waals surface area contributed by atoms with E-state index < -0.39 is 0 Å². The highest BCUT2D eigenvalue weighted by atomic mass is 15.2. The van der Waals surface area contributed by atoms with Crippen LogP contribution in [0.5, 0.6) is 0 Å². The first-order valence-electron chi connectivity index (χ1n) is 6.71. The van der Waals surface area contributed by atoms with Gasteiger partial charge in [-0.1, -0.05) is 24.6 Å². The van der Waals surface area contributed by atoms with Crippen LogP contribution in [0.2, 0.25) is 0 Å². The fourth-order valence-corrected chi connectivity index (χ4v) is 2.52. The predicted molar refractivity (Wildman–Crippen MR) is 74.6 cm³/mol. The average Bonchev–Trinajstić information content (AvgIpc) is 2.48. The van der Waals surface area contributed by atoms with Gasteiger partial charge in [-0.3, -0.25) is 0 Å². The maximum absolute atomic E-state index is 3.60. The minimum atomic E-state index is 0.553. The molecule has 0 fully saturated rings. The zero-order valence-corrected chi connectivity index (χ0v) is 11.5. The van der Waals surface area contributed by atoms with Crippen molar-refractivity contribution in [2.24, 2.45) is 0 Å². The lowest BCUT2D eigenvalue weighted by atomic mass is 10.1. The Balaban J connectivity index is 2.38. The van der Waals surface area contributed by atoms with E-state index in [4.69, 9.17) is 0 Å². The van der Waals surface area contributed by atoms with Crippen LogP contribution in [0.3, 0.4) is 0 Å². The van der Waals surface area contributed by atoms with Crippen molar-refractivity contribution in [3.63, 3.8) is 0 Å². The molecule has 0 bridgehead atoms. The zero-order chi connectivity index (χ0) is 12.4. The van der Waals surface area contributed by atoms with Gasteiger partial charge in [0.1, 0.15) is 0 Å². The molecule has 2 nitrogen and oxygen atoms in total. The van der Waals surface area contributed by atoms with Crippen molar-refractivity contribution in [3.8, 4) is 0 Å². The van der Waals surface area contributed by atoms with Crippen LogP contribution in [0, 0.1) is 6.92 Å². The summed E-state index contributed by atoms with van der Waals surface area (Å²) in [5.41, 5.74) is 4.21. The molecule has 0 saturated heterocycles. The highest BCUT2D eigenvalue weighted by Gasteiger charge is 2.21. The molecule has 2 unspecified atom stereocenters. The SMILES string of the molecule is CCC(C)N1CC(C)NCc2cc(C)ccc21. The minimum Gasteiger partial charge on any atom is -0.367 e. The minimum absolute atomic E-state index is 0.553. The molecule has 2 heteroatoms. The van der Waals surface area contributed by atoms with Crippen molar-refractivity contribution < 1.29 is 0 Å². The van der Waals surface area contributed by atoms with Crippen molar-refractivity contribution >= 4 is 5.69 Å². The summed E-state index contributed by atoms with van der Waals surface area (Å²) >= 11 is 0. The van der Waals surface area contributed by atoms with E-state index in [2.05, 4.69) is 56.1 Å². The summed E-state index contributed by atoms with van der Waals surface area (Å²) in [7, 11) is 0. The van der Waals surface area contributed by atoms with Crippen molar-refractivity contribution in [2.75, 3.05) is 11.4 Å². The van der Waals surface area contributed by atoms with Crippen molar-refractivity contribution in [3.05, 3.63) is 29.3 Å². The van der Waals surface area contributed by atoms with E-state index in [1.54, 1.807) is 0 Å². The number of rotatable bonds is 2. The summed E-state index contributed by atoms with van der Waals surface area (Å²) in [5.74, 6) is 0. The molecule has 0 amide bonds. The molecular formula is C15H24N2. The quantitative estimate of drug-likeness (QED) is 0.843. The molecule has 1 N–H and O–H groups in total. The lowest BCUT2D eigenvalue weighted by Gasteiger charge is -2.32. The van der Waals surface area contributed by atoms with Gasteiger partial charge >= 0.3 is 0 Å². The van der Waals surface area contributed by atoms with E-state index in [1.807, 2.05) is 0 Å². The Bertz CT molecular complexity index is 387. The summed E-state index contributed by atoms with van der Waals surface area (Å²) in [5, 5.41) is 3.60. The topological polar surface area (TPSA) is 15.3 Å². The Morgan fingerprint density at radius 2 is 2.24 bits per heavy atom. The fourth-order valence-electron chi connectivity index (χ4n) is 2.52. The van der Waals surface area contributed by atoms with Crippen LogP contribution in [0.4, 0.5) is 5.69 Å². The predicted octanol–water partition coefficient (Wildman–Crippen LogP) is 3.09. The van der Waals surface area contributed by atoms with Gasteiger partial charge in [-0.15, -0.1) is 0 Å². The first-order chi connectivity index (χ1) is 8.11. The van der Waals surface area contributed by atoms with Crippen LogP contribution in [0.1, 0.15) is 38.3 Å². The van der Waals surface area contributed by atoms with Crippen LogP contribution in [0.25, 0.3) is 0 Å². The number of benzene rings is 1. The first-order valence-corrected chi connectivity index (χ1v) is 6.71. The number of nitrogens with one attached hydrogen (secondary N) is 1. The number of hydrogen-bond donors (Lipinski definition) is 1. The summed E-state index contributed by atoms with van der Waals surface area (Å²) in [6.45, 7) is 11.1. The molecule has 0 saturated carbocycles. The molecule has 0 aromatic heterocycles. The summed E-state index contributed by atoms with van der Waals surface area (Å²) in [6.07, 6.45) is 1.19. The first kappa shape index (κ1) is 12.4. The largest absolute Gasteiger partial charge is 0.367 e. The van der Waals surface area contributed by atoms with Gasteiger partial charge in [0.15, 0.2) is 0 Å². The number of hydrogen-bond acceptors (Lipinski definition) is 2. The maximum atomic E-state index is 3.60. The Morgan fingerprint density at radius 3 is 2.94 bits per heavy atom. The number of aryl methyl sites for hydroxylation is 1. The fraction of sp³-hybridized carbons (Fsp3) is 0.600. The normalized spacial score (nSPS) is 21.9. The molecule has 1 aromatic carbocycles. The van der Waals surface area contributed by atoms with E-state index in [-0.39, 0.29) is 0 Å². The molecule has 2 rings (SSSR count). The van der Waals surface area contributed by atoms with Gasteiger partial charge in [-0.25, -0.2) is 0 Å². The highest BCUT2D eigenvalue weighted by molar-refractivity contribution is 5.56. The van der Waals surface area contributed by atoms with Crippen molar-refractivity contribution in [1.82, 2.24) is 5.32 Å². The molecule has 0 spiro atoms. The van der Waals surface area contributed by atoms with Crippen molar-refractivity contribution in [1.29, 1.82) is 0 Å². The van der Waals surface area contributed by atoms with Crippen LogP contribution in [0.15, 0.2) is 18.2 Å². The maximum Gasteiger partial charge on any atom is 0.0414 e. The summed E-state index contributed by atoms with van der Waals surface area (Å²) < 4.78 is 0. The Morgan fingerprint density at radius 1 is 1.47 bits per heavy atom. The van der Waals surface area contributed by atoms with Crippen LogP contribution >= 0.6 is 0 Å². The van der Waals surface area contributed by atoms with Crippen LogP contribution in [-0.2, 0) is 6.54 Å². The third-order valence-corrected chi connectivity index (χ3v) is 3.78. The monoisotopic (exact) mass is 232 g/mol. The van der Waals surface area contributed by atoms with Gasteiger partial charge in [-0.2, -0.15) is 0 Å². The number of nitrogens with zero attached hydrogens (tertiary/aromatic N) is 1. The van der Waals surface area contributed by atoms with E-state index in [0.717, 1.165) is 13.1 Å². The van der Waals surface area contributed by atoms with Gasteiger partial charge in [0.25, 0.3) is 0 Å². The second kappa shape index (κ2) is 5.09. The molecule has 17 heavy (non-hydrogen) atoms. The van der Waals surface area contributed by atoms with Gasteiger partial charge in [-0.05, 0) is 38.8 Å². The van der Waals surface area contributed by atoms with Gasteiger partial charge < -0.3 is 10.2 Å². The van der Waals surface area contributed by atoms with Crippen molar-refractivity contribution in [2.45, 2.75) is 52.7 Å². The second-order valence-electron chi connectivity index (χ2n) is 5.32. The second-order valence-corrected chi connectivity index (χ2v) is 5.32. The van der Waals surface area contributed by atoms with Crippen LogP contribution in [-0.4, -0.2) is 18.6 Å². The summed E-state index contributed by atoms with van der Waals surface area (Å²) in [4.78, 5) is 2.55. The third kappa shape index (κ3) is 2.63. The lowest BCUT2D eigenvalue weighted by Crippen LogP contribution is -2.40. The van der Waals surface area contributed by atoms with Gasteiger partial charge in [0, 0.05) is 30.9 Å².